The van der Waals surface area contributed by atoms with Gasteiger partial charge >= 0.3 is 0 Å². The molecule has 0 aliphatic heterocycles. The number of nitrogens with zero attached hydrogens (tertiary/aromatic N) is 1. The van der Waals surface area contributed by atoms with Gasteiger partial charge in [-0.2, -0.15) is 0 Å². The fourth-order valence-corrected chi connectivity index (χ4v) is 8.00. The number of fused-ring (bicyclic) bond motifs is 3. The molecule has 2 aliphatic rings. The van der Waals surface area contributed by atoms with E-state index < -0.39 is 0 Å². The lowest BCUT2D eigenvalue weighted by Gasteiger charge is -2.21. The van der Waals surface area contributed by atoms with Crippen LogP contribution in [-0.2, 0) is 5.41 Å². The maximum atomic E-state index is 5.13. The van der Waals surface area contributed by atoms with E-state index in [1.54, 1.807) is 0 Å². The highest BCUT2D eigenvalue weighted by Gasteiger charge is 2.35. The molecule has 0 amide bonds. The molecule has 0 saturated carbocycles. The number of aromatic nitrogens is 1. The van der Waals surface area contributed by atoms with E-state index in [-0.39, 0.29) is 5.41 Å². The molecular formula is C50H39N. The van der Waals surface area contributed by atoms with Crippen molar-refractivity contribution in [2.45, 2.75) is 32.1 Å². The molecule has 1 aromatic heterocycles. The molecule has 0 atom stereocenters. The quantitative estimate of drug-likeness (QED) is 0.174. The third kappa shape index (κ3) is 5.65. The summed E-state index contributed by atoms with van der Waals surface area (Å²) in [6.45, 7) is 4.69. The van der Waals surface area contributed by atoms with E-state index in [9.17, 15) is 0 Å². The lowest BCUT2D eigenvalue weighted by atomic mass is 9.82. The topological polar surface area (TPSA) is 12.9 Å². The first-order valence-corrected chi connectivity index (χ1v) is 18.0. The average molecular weight is 654 g/mol. The Kier molecular flexibility index (Phi) is 7.70. The highest BCUT2D eigenvalue weighted by molar-refractivity contribution is 5.91. The Morgan fingerprint density at radius 3 is 1.71 bits per heavy atom. The number of benzene rings is 6. The van der Waals surface area contributed by atoms with Crippen LogP contribution in [0.25, 0.3) is 72.6 Å². The molecule has 7 aromatic rings. The minimum absolute atomic E-state index is 0.00653. The van der Waals surface area contributed by atoms with Gasteiger partial charge in [-0.15, -0.1) is 0 Å². The molecule has 6 aromatic carbocycles. The van der Waals surface area contributed by atoms with E-state index in [0.717, 1.165) is 40.9 Å². The SMILES string of the molecule is CC1(C)c2ccccc2-c2cc(-c3ccc(C4=CCCC=C4)c(-c4cccc(-c5cc(-c6ccccc6)nc(-c6ccccc6)c5)c4)c3)ccc21. The maximum absolute atomic E-state index is 5.13. The molecule has 0 saturated heterocycles. The summed E-state index contributed by atoms with van der Waals surface area (Å²) in [5, 5.41) is 0. The van der Waals surface area contributed by atoms with Gasteiger partial charge in [0.05, 0.1) is 11.4 Å². The van der Waals surface area contributed by atoms with Gasteiger partial charge in [-0.3, -0.25) is 0 Å². The summed E-state index contributed by atoms with van der Waals surface area (Å²) in [6.07, 6.45) is 9.14. The molecule has 51 heavy (non-hydrogen) atoms. The Bertz CT molecular complexity index is 2420. The molecule has 244 valence electrons. The molecule has 0 radical (unpaired) electrons. The normalized spacial score (nSPS) is 14.1. The summed E-state index contributed by atoms with van der Waals surface area (Å²) in [6, 6.07) is 57.5. The first kappa shape index (κ1) is 31.0. The number of allylic oxidation sites excluding steroid dienone is 4. The fraction of sp³-hybridized carbons (Fsp3) is 0.100. The molecule has 9 rings (SSSR count). The Morgan fingerprint density at radius 1 is 0.412 bits per heavy atom. The van der Waals surface area contributed by atoms with Crippen LogP contribution in [-0.4, -0.2) is 4.98 Å². The summed E-state index contributed by atoms with van der Waals surface area (Å²) >= 11 is 0. The maximum Gasteiger partial charge on any atom is 0.0715 e. The summed E-state index contributed by atoms with van der Waals surface area (Å²) in [4.78, 5) is 5.13. The Labute approximate surface area is 301 Å². The van der Waals surface area contributed by atoms with E-state index >= 15 is 0 Å². The van der Waals surface area contributed by atoms with Gasteiger partial charge in [-0.1, -0.05) is 159 Å². The molecule has 2 aliphatic carbocycles. The molecule has 0 N–H and O–H groups in total. The van der Waals surface area contributed by atoms with Crippen LogP contribution >= 0.6 is 0 Å². The zero-order chi connectivity index (χ0) is 34.4. The number of hydrogen-bond donors (Lipinski definition) is 0. The van der Waals surface area contributed by atoms with Crippen molar-refractivity contribution in [2.24, 2.45) is 0 Å². The van der Waals surface area contributed by atoms with Crippen molar-refractivity contribution < 1.29 is 0 Å². The molecule has 1 heterocycles. The van der Waals surface area contributed by atoms with Crippen LogP contribution in [0, 0.1) is 0 Å². The molecule has 0 unspecified atom stereocenters. The van der Waals surface area contributed by atoms with E-state index in [0.29, 0.717) is 0 Å². The Balaban J connectivity index is 1.18. The van der Waals surface area contributed by atoms with E-state index in [1.165, 1.54) is 61.2 Å². The van der Waals surface area contributed by atoms with Crippen LogP contribution in [0.1, 0.15) is 43.4 Å². The van der Waals surface area contributed by atoms with Crippen molar-refractivity contribution in [3.8, 4) is 67.0 Å². The van der Waals surface area contributed by atoms with Crippen molar-refractivity contribution in [1.29, 1.82) is 0 Å². The first-order valence-electron chi connectivity index (χ1n) is 18.0. The summed E-state index contributed by atoms with van der Waals surface area (Å²) < 4.78 is 0. The van der Waals surface area contributed by atoms with Gasteiger partial charge in [0.15, 0.2) is 0 Å². The predicted molar refractivity (Wildman–Crippen MR) is 215 cm³/mol. The Morgan fingerprint density at radius 2 is 1.00 bits per heavy atom. The van der Waals surface area contributed by atoms with Crippen molar-refractivity contribution in [3.05, 3.63) is 193 Å². The van der Waals surface area contributed by atoms with Gasteiger partial charge in [0.25, 0.3) is 0 Å². The third-order valence-electron chi connectivity index (χ3n) is 10.7. The van der Waals surface area contributed by atoms with Gasteiger partial charge in [-0.25, -0.2) is 4.98 Å². The van der Waals surface area contributed by atoms with Crippen molar-refractivity contribution in [1.82, 2.24) is 4.98 Å². The van der Waals surface area contributed by atoms with Crippen LogP contribution in [0.4, 0.5) is 0 Å². The summed E-state index contributed by atoms with van der Waals surface area (Å²) in [5.74, 6) is 0. The van der Waals surface area contributed by atoms with Crippen molar-refractivity contribution in [2.75, 3.05) is 0 Å². The van der Waals surface area contributed by atoms with E-state index in [2.05, 4.69) is 190 Å². The van der Waals surface area contributed by atoms with Gasteiger partial charge in [0.1, 0.15) is 0 Å². The summed E-state index contributed by atoms with van der Waals surface area (Å²) in [7, 11) is 0. The van der Waals surface area contributed by atoms with Crippen LogP contribution < -0.4 is 0 Å². The predicted octanol–water partition coefficient (Wildman–Crippen LogP) is 13.5. The molecule has 1 heteroatoms. The van der Waals surface area contributed by atoms with E-state index in [1.807, 2.05) is 0 Å². The highest BCUT2D eigenvalue weighted by atomic mass is 14.7. The van der Waals surface area contributed by atoms with Crippen LogP contribution in [0.3, 0.4) is 0 Å². The zero-order valence-electron chi connectivity index (χ0n) is 29.1. The average Bonchev–Trinajstić information content (AvgIpc) is 3.44. The Hall–Kier alpha value is -6.05. The molecule has 1 nitrogen and oxygen atoms in total. The van der Waals surface area contributed by atoms with Crippen LogP contribution in [0.2, 0.25) is 0 Å². The standard InChI is InChI=1S/C50H39N/c1-50(2)46-24-13-12-23-43(46)45-31-39(26-28-47(45)50)38-25-27-42(34-15-6-3-7-16-34)44(30-38)40-22-14-21-37(29-40)41-32-48(35-17-8-4-9-18-35)51-49(33-41)36-19-10-5-11-20-36/h4-6,8-33H,3,7H2,1-2H3. The second-order valence-corrected chi connectivity index (χ2v) is 14.3. The minimum atomic E-state index is -0.00653. The first-order chi connectivity index (χ1) is 25.0. The van der Waals surface area contributed by atoms with Gasteiger partial charge in [-0.05, 0) is 110 Å². The lowest BCUT2D eigenvalue weighted by Crippen LogP contribution is -2.14. The van der Waals surface area contributed by atoms with E-state index in [4.69, 9.17) is 4.98 Å². The molecular weight excluding hydrogens is 615 g/mol. The monoisotopic (exact) mass is 653 g/mol. The number of pyridine rings is 1. The second kappa shape index (κ2) is 12.7. The summed E-state index contributed by atoms with van der Waals surface area (Å²) in [5.41, 5.74) is 19.5. The lowest BCUT2D eigenvalue weighted by molar-refractivity contribution is 0.660. The van der Waals surface area contributed by atoms with Crippen LogP contribution in [0.5, 0.6) is 0 Å². The second-order valence-electron chi connectivity index (χ2n) is 14.3. The smallest absolute Gasteiger partial charge is 0.0715 e. The molecule has 0 fully saturated rings. The third-order valence-corrected chi connectivity index (χ3v) is 10.7. The molecule has 0 bridgehead atoms. The number of rotatable bonds is 6. The van der Waals surface area contributed by atoms with Gasteiger partial charge in [0.2, 0.25) is 0 Å². The van der Waals surface area contributed by atoms with Gasteiger partial charge < -0.3 is 0 Å². The van der Waals surface area contributed by atoms with Crippen molar-refractivity contribution >= 4 is 5.57 Å². The number of hydrogen-bond acceptors (Lipinski definition) is 1. The zero-order valence-corrected chi connectivity index (χ0v) is 29.1. The molecule has 0 spiro atoms. The van der Waals surface area contributed by atoms with Crippen molar-refractivity contribution in [3.63, 3.8) is 0 Å². The minimum Gasteiger partial charge on any atom is -0.248 e. The fourth-order valence-electron chi connectivity index (χ4n) is 8.00. The largest absolute Gasteiger partial charge is 0.248 e. The van der Waals surface area contributed by atoms with Gasteiger partial charge in [0, 0.05) is 16.5 Å². The highest BCUT2D eigenvalue weighted by Crippen LogP contribution is 2.50. The van der Waals surface area contributed by atoms with Crippen LogP contribution in [0.15, 0.2) is 176 Å².